The van der Waals surface area contributed by atoms with Crippen molar-refractivity contribution in [2.45, 2.75) is 26.2 Å². The van der Waals surface area contributed by atoms with Crippen molar-refractivity contribution in [1.82, 2.24) is 0 Å². The zero-order valence-electron chi connectivity index (χ0n) is 13.8. The molecule has 3 rings (SSSR count). The van der Waals surface area contributed by atoms with Crippen molar-refractivity contribution >= 4 is 40.5 Å². The summed E-state index contributed by atoms with van der Waals surface area (Å²) >= 11 is 2.24. The van der Waals surface area contributed by atoms with Crippen LogP contribution < -0.4 is 0 Å². The minimum Gasteiger partial charge on any atom is -0.402 e. The Kier molecular flexibility index (Phi) is 4.58. The first-order chi connectivity index (χ1) is 11.3. The first-order valence-electron chi connectivity index (χ1n) is 7.72. The van der Waals surface area contributed by atoms with E-state index in [0.29, 0.717) is 11.6 Å². The minimum absolute atomic E-state index is 0.0855. The molecular weight excluding hydrogens is 413 g/mol. The molecule has 4 heteroatoms. The van der Waals surface area contributed by atoms with E-state index in [4.69, 9.17) is 4.74 Å². The third kappa shape index (κ3) is 3.75. The van der Waals surface area contributed by atoms with Gasteiger partial charge in [0, 0.05) is 9.13 Å². The SMILES string of the molecule is CC(C)(C)c1ccc(C2=N/C(=C/c3cccc(I)c3)C(=O)O2)cc1. The quantitative estimate of drug-likeness (QED) is 0.384. The normalized spacial score (nSPS) is 16.2. The number of esters is 1. The summed E-state index contributed by atoms with van der Waals surface area (Å²) in [5.41, 5.74) is 3.38. The first kappa shape index (κ1) is 16.9. The Morgan fingerprint density at radius 1 is 1.08 bits per heavy atom. The molecule has 0 atom stereocenters. The molecule has 0 bridgehead atoms. The van der Waals surface area contributed by atoms with Crippen LogP contribution in [0.25, 0.3) is 6.08 Å². The van der Waals surface area contributed by atoms with Gasteiger partial charge >= 0.3 is 5.97 Å². The third-order valence-electron chi connectivity index (χ3n) is 3.77. The number of carbonyl (C=O) groups is 1. The summed E-state index contributed by atoms with van der Waals surface area (Å²) in [4.78, 5) is 16.4. The molecule has 0 spiro atoms. The van der Waals surface area contributed by atoms with Crippen LogP contribution >= 0.6 is 22.6 Å². The van der Waals surface area contributed by atoms with E-state index < -0.39 is 5.97 Å². The number of ether oxygens (including phenoxy) is 1. The van der Waals surface area contributed by atoms with E-state index in [9.17, 15) is 4.79 Å². The van der Waals surface area contributed by atoms with Crippen molar-refractivity contribution in [3.8, 4) is 0 Å². The van der Waals surface area contributed by atoms with Crippen molar-refractivity contribution in [1.29, 1.82) is 0 Å². The number of rotatable bonds is 2. The summed E-state index contributed by atoms with van der Waals surface area (Å²) in [7, 11) is 0. The van der Waals surface area contributed by atoms with Crippen LogP contribution in [0.15, 0.2) is 59.2 Å². The van der Waals surface area contributed by atoms with Gasteiger partial charge in [-0.05, 0) is 69.5 Å². The monoisotopic (exact) mass is 431 g/mol. The van der Waals surface area contributed by atoms with Crippen LogP contribution in [-0.2, 0) is 14.9 Å². The molecule has 0 unspecified atom stereocenters. The molecule has 0 radical (unpaired) electrons. The fourth-order valence-corrected chi connectivity index (χ4v) is 2.97. The predicted octanol–water partition coefficient (Wildman–Crippen LogP) is 4.93. The van der Waals surface area contributed by atoms with Gasteiger partial charge in [0.25, 0.3) is 0 Å². The Hall–Kier alpha value is -1.95. The van der Waals surface area contributed by atoms with Gasteiger partial charge in [0.2, 0.25) is 5.90 Å². The van der Waals surface area contributed by atoms with Gasteiger partial charge in [0.05, 0.1) is 0 Å². The number of cyclic esters (lactones) is 1. The molecule has 24 heavy (non-hydrogen) atoms. The van der Waals surface area contributed by atoms with Crippen LogP contribution in [0.3, 0.4) is 0 Å². The lowest BCUT2D eigenvalue weighted by molar-refractivity contribution is -0.129. The zero-order valence-corrected chi connectivity index (χ0v) is 16.0. The largest absolute Gasteiger partial charge is 0.402 e. The number of nitrogens with zero attached hydrogens (tertiary/aromatic N) is 1. The molecule has 1 heterocycles. The molecule has 0 aromatic heterocycles. The summed E-state index contributed by atoms with van der Waals surface area (Å²) in [6.07, 6.45) is 1.75. The second-order valence-electron chi connectivity index (χ2n) is 6.72. The highest BCUT2D eigenvalue weighted by Gasteiger charge is 2.24. The third-order valence-corrected chi connectivity index (χ3v) is 4.44. The van der Waals surface area contributed by atoms with Crippen LogP contribution in [0.2, 0.25) is 0 Å². The Morgan fingerprint density at radius 3 is 2.42 bits per heavy atom. The molecule has 3 nitrogen and oxygen atoms in total. The Bertz CT molecular complexity index is 843. The lowest BCUT2D eigenvalue weighted by atomic mass is 9.87. The topological polar surface area (TPSA) is 38.7 Å². The minimum atomic E-state index is -0.413. The smallest absolute Gasteiger partial charge is 0.363 e. The van der Waals surface area contributed by atoms with Crippen LogP contribution in [0.4, 0.5) is 0 Å². The maximum atomic E-state index is 12.1. The highest BCUT2D eigenvalue weighted by molar-refractivity contribution is 14.1. The Morgan fingerprint density at radius 2 is 1.79 bits per heavy atom. The lowest BCUT2D eigenvalue weighted by Crippen LogP contribution is -2.11. The number of hydrogen-bond donors (Lipinski definition) is 0. The maximum absolute atomic E-state index is 12.1. The van der Waals surface area contributed by atoms with E-state index in [-0.39, 0.29) is 5.41 Å². The molecule has 0 saturated heterocycles. The summed E-state index contributed by atoms with van der Waals surface area (Å²) in [6.45, 7) is 6.49. The van der Waals surface area contributed by atoms with Crippen molar-refractivity contribution in [2.24, 2.45) is 4.99 Å². The van der Waals surface area contributed by atoms with Crippen molar-refractivity contribution < 1.29 is 9.53 Å². The van der Waals surface area contributed by atoms with Crippen LogP contribution in [0, 0.1) is 3.57 Å². The standard InChI is InChI=1S/C20H18INO2/c1-20(2,3)15-9-7-14(8-10-15)18-22-17(19(23)24-18)12-13-5-4-6-16(21)11-13/h4-12H,1-3H3/b17-12+. The molecule has 1 aliphatic heterocycles. The molecule has 0 fully saturated rings. The molecule has 0 aliphatic carbocycles. The first-order valence-corrected chi connectivity index (χ1v) is 8.80. The van der Waals surface area contributed by atoms with Crippen LogP contribution in [0.5, 0.6) is 0 Å². The number of hydrogen-bond acceptors (Lipinski definition) is 3. The molecule has 0 saturated carbocycles. The summed E-state index contributed by atoms with van der Waals surface area (Å²) in [5, 5.41) is 0. The van der Waals surface area contributed by atoms with Crippen LogP contribution in [-0.4, -0.2) is 11.9 Å². The van der Waals surface area contributed by atoms with E-state index in [1.807, 2.05) is 48.5 Å². The summed E-state index contributed by atoms with van der Waals surface area (Å²) < 4.78 is 6.44. The van der Waals surface area contributed by atoms with Gasteiger partial charge in [0.15, 0.2) is 5.70 Å². The average molecular weight is 431 g/mol. The van der Waals surface area contributed by atoms with E-state index in [2.05, 4.69) is 48.4 Å². The molecule has 122 valence electrons. The lowest BCUT2D eigenvalue weighted by Gasteiger charge is -2.18. The van der Waals surface area contributed by atoms with E-state index in [1.165, 1.54) is 5.56 Å². The van der Waals surface area contributed by atoms with Crippen molar-refractivity contribution in [3.05, 3.63) is 74.5 Å². The van der Waals surface area contributed by atoms with Crippen LogP contribution in [0.1, 0.15) is 37.5 Å². The molecule has 0 N–H and O–H groups in total. The second kappa shape index (κ2) is 6.51. The fourth-order valence-electron chi connectivity index (χ4n) is 2.40. The summed E-state index contributed by atoms with van der Waals surface area (Å²) in [6, 6.07) is 15.9. The van der Waals surface area contributed by atoms with E-state index in [0.717, 1.165) is 14.7 Å². The number of benzene rings is 2. The second-order valence-corrected chi connectivity index (χ2v) is 7.96. The van der Waals surface area contributed by atoms with Gasteiger partial charge in [0.1, 0.15) is 0 Å². The average Bonchev–Trinajstić information content (AvgIpc) is 2.88. The van der Waals surface area contributed by atoms with Gasteiger partial charge in [-0.3, -0.25) is 0 Å². The maximum Gasteiger partial charge on any atom is 0.363 e. The van der Waals surface area contributed by atoms with Gasteiger partial charge in [-0.25, -0.2) is 9.79 Å². The van der Waals surface area contributed by atoms with Gasteiger partial charge in [-0.15, -0.1) is 0 Å². The summed E-state index contributed by atoms with van der Waals surface area (Å²) in [5.74, 6) is -0.0545. The predicted molar refractivity (Wildman–Crippen MR) is 105 cm³/mol. The van der Waals surface area contributed by atoms with E-state index in [1.54, 1.807) is 6.08 Å². The molecule has 2 aromatic carbocycles. The Labute approximate surface area is 155 Å². The zero-order chi connectivity index (χ0) is 17.3. The fraction of sp³-hybridized carbons (Fsp3) is 0.200. The van der Waals surface area contributed by atoms with Crippen molar-refractivity contribution in [3.63, 3.8) is 0 Å². The Balaban J connectivity index is 1.89. The van der Waals surface area contributed by atoms with Gasteiger partial charge in [-0.1, -0.05) is 45.0 Å². The molecular formula is C20H18INO2. The van der Waals surface area contributed by atoms with Gasteiger partial charge in [-0.2, -0.15) is 0 Å². The molecule has 2 aromatic rings. The molecule has 0 amide bonds. The number of carbonyl (C=O) groups excluding carboxylic acids is 1. The number of aliphatic imine (C=N–C) groups is 1. The number of halogens is 1. The highest BCUT2D eigenvalue weighted by Crippen LogP contribution is 2.24. The molecule has 1 aliphatic rings. The highest BCUT2D eigenvalue weighted by atomic mass is 127. The van der Waals surface area contributed by atoms with Gasteiger partial charge < -0.3 is 4.74 Å². The van der Waals surface area contributed by atoms with Crippen molar-refractivity contribution in [2.75, 3.05) is 0 Å². The van der Waals surface area contributed by atoms with E-state index >= 15 is 0 Å².